The number of nitrogens with one attached hydrogen (secondary N) is 1. The van der Waals surface area contributed by atoms with E-state index in [1.807, 2.05) is 19.1 Å². The molecule has 3 aromatic rings. The fourth-order valence-corrected chi connectivity index (χ4v) is 3.10. The molecule has 0 spiro atoms. The van der Waals surface area contributed by atoms with Gasteiger partial charge >= 0.3 is 6.18 Å². The first kappa shape index (κ1) is 17.5. The molecule has 0 saturated carbocycles. The highest BCUT2D eigenvalue weighted by Crippen LogP contribution is 2.30. The smallest absolute Gasteiger partial charge is 0.320 e. The van der Waals surface area contributed by atoms with Crippen LogP contribution in [0.25, 0.3) is 5.65 Å². The molecule has 0 aliphatic carbocycles. The van der Waals surface area contributed by atoms with Crippen molar-refractivity contribution in [3.8, 4) is 0 Å². The van der Waals surface area contributed by atoms with Crippen molar-refractivity contribution in [3.63, 3.8) is 0 Å². The molecule has 0 radical (unpaired) electrons. The number of anilines is 1. The van der Waals surface area contributed by atoms with Crippen molar-refractivity contribution in [1.29, 1.82) is 0 Å². The van der Waals surface area contributed by atoms with Gasteiger partial charge in [0.05, 0.1) is 16.9 Å². The number of halogens is 4. The van der Waals surface area contributed by atoms with Gasteiger partial charge in [-0.3, -0.25) is 9.20 Å². The van der Waals surface area contributed by atoms with Crippen LogP contribution in [-0.2, 0) is 6.18 Å². The lowest BCUT2D eigenvalue weighted by atomic mass is 10.2. The minimum Gasteiger partial charge on any atom is -0.320 e. The quantitative estimate of drug-likeness (QED) is 0.645. The van der Waals surface area contributed by atoms with Crippen LogP contribution in [0.3, 0.4) is 0 Å². The van der Waals surface area contributed by atoms with Crippen LogP contribution >= 0.6 is 15.9 Å². The summed E-state index contributed by atoms with van der Waals surface area (Å²) in [7, 11) is 0. The summed E-state index contributed by atoms with van der Waals surface area (Å²) in [6, 6.07) is 7.56. The SMILES string of the molecule is Cc1ccc(NC(=O)c2c(C)nc3ccc(C(F)(F)F)cn23)c(Br)c1. The maximum atomic E-state index is 13.0. The van der Waals surface area contributed by atoms with Gasteiger partial charge in [0.15, 0.2) is 0 Å². The lowest BCUT2D eigenvalue weighted by molar-refractivity contribution is -0.137. The Hall–Kier alpha value is -2.35. The minimum atomic E-state index is -4.50. The molecule has 0 atom stereocenters. The number of aryl methyl sites for hydroxylation is 2. The van der Waals surface area contributed by atoms with E-state index in [4.69, 9.17) is 0 Å². The number of carbonyl (C=O) groups is 1. The maximum Gasteiger partial charge on any atom is 0.417 e. The number of amides is 1. The van der Waals surface area contributed by atoms with Gasteiger partial charge in [-0.25, -0.2) is 4.98 Å². The summed E-state index contributed by atoms with van der Waals surface area (Å²) in [5.74, 6) is -0.533. The normalized spacial score (nSPS) is 11.8. The van der Waals surface area contributed by atoms with E-state index in [-0.39, 0.29) is 11.3 Å². The Morgan fingerprint density at radius 1 is 1.20 bits per heavy atom. The molecule has 3 rings (SSSR count). The highest BCUT2D eigenvalue weighted by Gasteiger charge is 2.31. The first-order chi connectivity index (χ1) is 11.7. The molecule has 2 heterocycles. The monoisotopic (exact) mass is 411 g/mol. The Morgan fingerprint density at radius 2 is 1.92 bits per heavy atom. The number of benzene rings is 1. The third kappa shape index (κ3) is 3.39. The van der Waals surface area contributed by atoms with Gasteiger partial charge in [-0.05, 0) is 59.6 Å². The Kier molecular flexibility index (Phi) is 4.32. The lowest BCUT2D eigenvalue weighted by Crippen LogP contribution is -2.16. The number of aromatic nitrogens is 2. The van der Waals surface area contributed by atoms with Crippen molar-refractivity contribution < 1.29 is 18.0 Å². The molecule has 0 aliphatic heterocycles. The van der Waals surface area contributed by atoms with E-state index in [0.29, 0.717) is 15.9 Å². The predicted octanol–water partition coefficient (Wildman–Crippen LogP) is 4.98. The summed E-state index contributed by atoms with van der Waals surface area (Å²) in [4.78, 5) is 16.8. The number of alkyl halides is 3. The van der Waals surface area contributed by atoms with Crippen molar-refractivity contribution >= 4 is 33.2 Å². The van der Waals surface area contributed by atoms with Gasteiger partial charge in [0, 0.05) is 10.7 Å². The van der Waals surface area contributed by atoms with Crippen LogP contribution in [-0.4, -0.2) is 15.3 Å². The highest BCUT2D eigenvalue weighted by molar-refractivity contribution is 9.10. The molecular weight excluding hydrogens is 399 g/mol. The van der Waals surface area contributed by atoms with Crippen molar-refractivity contribution in [2.75, 3.05) is 5.32 Å². The second kappa shape index (κ2) is 6.18. The molecule has 8 heteroatoms. The maximum absolute atomic E-state index is 13.0. The molecule has 130 valence electrons. The van der Waals surface area contributed by atoms with Crippen LogP contribution in [0, 0.1) is 13.8 Å². The number of hydrogen-bond acceptors (Lipinski definition) is 2. The van der Waals surface area contributed by atoms with Crippen molar-refractivity contribution in [2.24, 2.45) is 0 Å². The summed E-state index contributed by atoms with van der Waals surface area (Å²) in [5.41, 5.74) is 1.37. The zero-order valence-corrected chi connectivity index (χ0v) is 14.9. The number of fused-ring (bicyclic) bond motifs is 1. The molecule has 0 fully saturated rings. The molecule has 4 nitrogen and oxygen atoms in total. The number of pyridine rings is 1. The Morgan fingerprint density at radius 3 is 2.56 bits per heavy atom. The van der Waals surface area contributed by atoms with Crippen molar-refractivity contribution in [3.05, 3.63) is 63.5 Å². The third-order valence-electron chi connectivity index (χ3n) is 3.71. The molecule has 0 unspecified atom stereocenters. The van der Waals surface area contributed by atoms with Crippen LogP contribution in [0.2, 0.25) is 0 Å². The standard InChI is InChI=1S/C17H13BrF3N3O/c1-9-3-5-13(12(18)7-9)23-16(25)15-10(2)22-14-6-4-11(8-24(14)15)17(19,20)21/h3-8H,1-2H3,(H,23,25). The highest BCUT2D eigenvalue weighted by atomic mass is 79.9. The number of hydrogen-bond donors (Lipinski definition) is 1. The summed E-state index contributed by atoms with van der Waals surface area (Å²) in [6.07, 6.45) is -3.62. The van der Waals surface area contributed by atoms with E-state index >= 15 is 0 Å². The topological polar surface area (TPSA) is 46.4 Å². The molecule has 0 saturated heterocycles. The van der Waals surface area contributed by atoms with E-state index in [0.717, 1.165) is 22.2 Å². The molecule has 1 N–H and O–H groups in total. The Bertz CT molecular complexity index is 979. The van der Waals surface area contributed by atoms with Crippen LogP contribution in [0.1, 0.15) is 27.3 Å². The molecule has 0 aliphatic rings. The summed E-state index contributed by atoms with van der Waals surface area (Å²) in [6.45, 7) is 3.49. The zero-order chi connectivity index (χ0) is 18.4. The van der Waals surface area contributed by atoms with Crippen LogP contribution in [0.15, 0.2) is 41.0 Å². The average molecular weight is 412 g/mol. The summed E-state index contributed by atoms with van der Waals surface area (Å²) in [5, 5.41) is 2.70. The average Bonchev–Trinajstić information content (AvgIpc) is 2.84. The lowest BCUT2D eigenvalue weighted by Gasteiger charge is -2.10. The second-order valence-corrected chi connectivity index (χ2v) is 6.48. The Balaban J connectivity index is 2.04. The molecule has 0 bridgehead atoms. The fraction of sp³-hybridized carbons (Fsp3) is 0.176. The molecule has 25 heavy (non-hydrogen) atoms. The van der Waals surface area contributed by atoms with Crippen LogP contribution < -0.4 is 5.32 Å². The van der Waals surface area contributed by atoms with Crippen LogP contribution in [0.5, 0.6) is 0 Å². The van der Waals surface area contributed by atoms with E-state index in [1.54, 1.807) is 13.0 Å². The van der Waals surface area contributed by atoms with Gasteiger partial charge in [0.25, 0.3) is 5.91 Å². The van der Waals surface area contributed by atoms with Gasteiger partial charge in [-0.2, -0.15) is 13.2 Å². The fourth-order valence-electron chi connectivity index (χ4n) is 2.51. The number of nitrogens with zero attached hydrogens (tertiary/aromatic N) is 2. The molecular formula is C17H13BrF3N3O. The van der Waals surface area contributed by atoms with Gasteiger partial charge < -0.3 is 5.32 Å². The molecule has 1 aromatic carbocycles. The third-order valence-corrected chi connectivity index (χ3v) is 4.36. The molecule has 1 amide bonds. The van der Waals surface area contributed by atoms with Gasteiger partial charge in [-0.15, -0.1) is 0 Å². The van der Waals surface area contributed by atoms with Gasteiger partial charge in [0.2, 0.25) is 0 Å². The van der Waals surface area contributed by atoms with Crippen molar-refractivity contribution in [1.82, 2.24) is 9.38 Å². The number of rotatable bonds is 2. The second-order valence-electron chi connectivity index (χ2n) is 5.63. The van der Waals surface area contributed by atoms with E-state index < -0.39 is 17.6 Å². The van der Waals surface area contributed by atoms with E-state index in [2.05, 4.69) is 26.2 Å². The summed E-state index contributed by atoms with van der Waals surface area (Å²) >= 11 is 3.36. The Labute approximate surface area is 149 Å². The van der Waals surface area contributed by atoms with Gasteiger partial charge in [-0.1, -0.05) is 6.07 Å². The number of imidazole rings is 1. The van der Waals surface area contributed by atoms with Gasteiger partial charge in [0.1, 0.15) is 11.3 Å². The minimum absolute atomic E-state index is 0.0635. The number of carbonyl (C=O) groups excluding carboxylic acids is 1. The van der Waals surface area contributed by atoms with Crippen molar-refractivity contribution in [2.45, 2.75) is 20.0 Å². The molecule has 2 aromatic heterocycles. The largest absolute Gasteiger partial charge is 0.417 e. The predicted molar refractivity (Wildman–Crippen MR) is 91.8 cm³/mol. The first-order valence-electron chi connectivity index (χ1n) is 7.30. The van der Waals surface area contributed by atoms with E-state index in [1.165, 1.54) is 6.07 Å². The van der Waals surface area contributed by atoms with Crippen LogP contribution in [0.4, 0.5) is 18.9 Å². The summed E-state index contributed by atoms with van der Waals surface area (Å²) < 4.78 is 40.7. The zero-order valence-electron chi connectivity index (χ0n) is 13.3. The van der Waals surface area contributed by atoms with E-state index in [9.17, 15) is 18.0 Å². The first-order valence-corrected chi connectivity index (χ1v) is 8.09.